The molecular weight excluding hydrogens is 300 g/mol. The minimum Gasteiger partial charge on any atom is -0.383 e. The molecule has 24 heavy (non-hydrogen) atoms. The van der Waals surface area contributed by atoms with Crippen LogP contribution >= 0.6 is 0 Å². The third kappa shape index (κ3) is 3.44. The summed E-state index contributed by atoms with van der Waals surface area (Å²) in [6.45, 7) is 5.54. The van der Waals surface area contributed by atoms with Gasteiger partial charge in [0.05, 0.1) is 6.54 Å². The lowest BCUT2D eigenvalue weighted by atomic mass is 9.93. The maximum Gasteiger partial charge on any atom is 0.317 e. The Bertz CT molecular complexity index is 730. The van der Waals surface area contributed by atoms with Crippen molar-refractivity contribution in [3.63, 3.8) is 0 Å². The fourth-order valence-corrected chi connectivity index (χ4v) is 3.15. The van der Waals surface area contributed by atoms with Crippen LogP contribution in [0.5, 0.6) is 0 Å². The zero-order valence-corrected chi connectivity index (χ0v) is 14.2. The number of carbonyl (C=O) groups excluding carboxylic acids is 1. The van der Waals surface area contributed by atoms with Gasteiger partial charge in [-0.1, -0.05) is 48.5 Å². The van der Waals surface area contributed by atoms with E-state index in [9.17, 15) is 9.90 Å². The summed E-state index contributed by atoms with van der Waals surface area (Å²) in [5.41, 5.74) is 3.48. The number of hydrogen-bond acceptors (Lipinski definition) is 2. The highest BCUT2D eigenvalue weighted by Gasteiger charge is 2.39. The van der Waals surface area contributed by atoms with Gasteiger partial charge in [0.1, 0.15) is 5.60 Å². The van der Waals surface area contributed by atoms with Crippen LogP contribution in [-0.4, -0.2) is 29.1 Å². The number of aryl methyl sites for hydroxylation is 2. The minimum absolute atomic E-state index is 0.125. The normalized spacial score (nSPS) is 20.2. The lowest BCUT2D eigenvalue weighted by Crippen LogP contribution is -2.40. The van der Waals surface area contributed by atoms with Crippen LogP contribution in [0.3, 0.4) is 0 Å². The molecule has 0 aliphatic carbocycles. The zero-order chi connectivity index (χ0) is 17.2. The Morgan fingerprint density at radius 2 is 1.92 bits per heavy atom. The second-order valence-corrected chi connectivity index (χ2v) is 6.65. The van der Waals surface area contributed by atoms with E-state index in [0.717, 1.165) is 11.1 Å². The van der Waals surface area contributed by atoms with Crippen molar-refractivity contribution in [2.45, 2.75) is 32.4 Å². The fraction of sp³-hybridized carbons (Fsp3) is 0.350. The van der Waals surface area contributed by atoms with Gasteiger partial charge in [-0.25, -0.2) is 4.79 Å². The van der Waals surface area contributed by atoms with Crippen molar-refractivity contribution < 1.29 is 9.90 Å². The number of aliphatic hydroxyl groups is 1. The number of carbonyl (C=O) groups is 1. The maximum atomic E-state index is 12.4. The average Bonchev–Trinajstić information content (AvgIpc) is 3.00. The van der Waals surface area contributed by atoms with E-state index >= 15 is 0 Å². The molecule has 4 heteroatoms. The number of benzene rings is 2. The molecular formula is C20H24N2O2. The van der Waals surface area contributed by atoms with E-state index in [1.165, 1.54) is 11.1 Å². The summed E-state index contributed by atoms with van der Waals surface area (Å²) in [5.74, 6) is 0. The van der Waals surface area contributed by atoms with Crippen LogP contribution in [0.15, 0.2) is 48.5 Å². The number of rotatable bonds is 3. The van der Waals surface area contributed by atoms with E-state index < -0.39 is 5.60 Å². The molecule has 1 fully saturated rings. The second kappa shape index (κ2) is 6.65. The van der Waals surface area contributed by atoms with Crippen LogP contribution in [0.2, 0.25) is 0 Å². The average molecular weight is 324 g/mol. The Labute approximate surface area is 143 Å². The quantitative estimate of drug-likeness (QED) is 0.911. The van der Waals surface area contributed by atoms with Gasteiger partial charge in [-0.3, -0.25) is 0 Å². The zero-order valence-electron chi connectivity index (χ0n) is 14.2. The summed E-state index contributed by atoms with van der Waals surface area (Å²) < 4.78 is 0. The molecule has 0 saturated carbocycles. The van der Waals surface area contributed by atoms with Crippen LogP contribution < -0.4 is 5.32 Å². The highest BCUT2D eigenvalue weighted by atomic mass is 16.3. The molecule has 2 amide bonds. The highest BCUT2D eigenvalue weighted by molar-refractivity contribution is 5.74. The molecule has 2 N–H and O–H groups in total. The van der Waals surface area contributed by atoms with E-state index in [0.29, 0.717) is 26.1 Å². The molecule has 126 valence electrons. The first-order valence-electron chi connectivity index (χ1n) is 8.35. The molecule has 1 saturated heterocycles. The SMILES string of the molecule is Cc1ccc(CNC(=O)N2CC[C@@](O)(c3ccccc3)C2)cc1C. The maximum absolute atomic E-state index is 12.4. The van der Waals surface area contributed by atoms with Crippen LogP contribution in [0.4, 0.5) is 4.79 Å². The number of amides is 2. The van der Waals surface area contributed by atoms with Gasteiger partial charge in [0, 0.05) is 13.1 Å². The van der Waals surface area contributed by atoms with Gasteiger partial charge in [-0.15, -0.1) is 0 Å². The van der Waals surface area contributed by atoms with Crippen molar-refractivity contribution in [1.29, 1.82) is 0 Å². The molecule has 2 aromatic rings. The van der Waals surface area contributed by atoms with Crippen molar-refractivity contribution in [3.8, 4) is 0 Å². The van der Waals surface area contributed by atoms with E-state index in [-0.39, 0.29) is 6.03 Å². The van der Waals surface area contributed by atoms with Crippen LogP contribution in [0.25, 0.3) is 0 Å². The second-order valence-electron chi connectivity index (χ2n) is 6.65. The summed E-state index contributed by atoms with van der Waals surface area (Å²) in [7, 11) is 0. The van der Waals surface area contributed by atoms with Gasteiger partial charge >= 0.3 is 6.03 Å². The molecule has 1 aliphatic heterocycles. The fourth-order valence-electron chi connectivity index (χ4n) is 3.15. The lowest BCUT2D eigenvalue weighted by molar-refractivity contribution is 0.0494. The van der Waals surface area contributed by atoms with Gasteiger partial charge in [0.25, 0.3) is 0 Å². The molecule has 0 spiro atoms. The number of nitrogens with one attached hydrogen (secondary N) is 1. The number of likely N-dealkylation sites (tertiary alicyclic amines) is 1. The summed E-state index contributed by atoms with van der Waals surface area (Å²) in [6.07, 6.45) is 0.564. The van der Waals surface area contributed by atoms with Crippen LogP contribution in [0, 0.1) is 13.8 Å². The third-order valence-electron chi connectivity index (χ3n) is 4.86. The van der Waals surface area contributed by atoms with E-state index in [4.69, 9.17) is 0 Å². The van der Waals surface area contributed by atoms with Crippen molar-refractivity contribution in [2.75, 3.05) is 13.1 Å². The van der Waals surface area contributed by atoms with Gasteiger partial charge < -0.3 is 15.3 Å². The predicted molar refractivity (Wildman–Crippen MR) is 94.7 cm³/mol. The molecule has 3 rings (SSSR count). The first-order chi connectivity index (χ1) is 11.5. The largest absolute Gasteiger partial charge is 0.383 e. The standard InChI is InChI=1S/C20H24N2O2/c1-15-8-9-17(12-16(15)2)13-21-19(23)22-11-10-20(24,14-22)18-6-4-3-5-7-18/h3-9,12,24H,10-11,13-14H2,1-2H3,(H,21,23)/t20-/m0/s1. The van der Waals surface area contributed by atoms with Crippen molar-refractivity contribution in [1.82, 2.24) is 10.2 Å². The Morgan fingerprint density at radius 3 is 2.62 bits per heavy atom. The molecule has 4 nitrogen and oxygen atoms in total. The summed E-state index contributed by atoms with van der Waals surface area (Å²) in [5, 5.41) is 13.8. The minimum atomic E-state index is -0.945. The van der Waals surface area contributed by atoms with Gasteiger partial charge in [0.2, 0.25) is 0 Å². The Hall–Kier alpha value is -2.33. The predicted octanol–water partition coefficient (Wildman–Crippen LogP) is 3.11. The summed E-state index contributed by atoms with van der Waals surface area (Å²) >= 11 is 0. The van der Waals surface area contributed by atoms with Crippen LogP contribution in [0.1, 0.15) is 28.7 Å². The van der Waals surface area contributed by atoms with E-state index in [1.54, 1.807) is 4.90 Å². The van der Waals surface area contributed by atoms with E-state index in [2.05, 4.69) is 31.3 Å². The summed E-state index contributed by atoms with van der Waals surface area (Å²) in [4.78, 5) is 14.1. The summed E-state index contributed by atoms with van der Waals surface area (Å²) in [6, 6.07) is 15.7. The van der Waals surface area contributed by atoms with E-state index in [1.807, 2.05) is 36.4 Å². The van der Waals surface area contributed by atoms with Crippen molar-refractivity contribution >= 4 is 6.03 Å². The molecule has 0 bridgehead atoms. The smallest absolute Gasteiger partial charge is 0.317 e. The highest BCUT2D eigenvalue weighted by Crippen LogP contribution is 2.31. The monoisotopic (exact) mass is 324 g/mol. The Balaban J connectivity index is 1.59. The Morgan fingerprint density at radius 1 is 1.17 bits per heavy atom. The van der Waals surface area contributed by atoms with Crippen LogP contribution in [-0.2, 0) is 12.1 Å². The molecule has 1 atom stereocenters. The van der Waals surface area contributed by atoms with Gasteiger partial charge in [-0.05, 0) is 42.5 Å². The number of β-amino-alcohol motifs (C(OH)–C–C–N with tert-alkyl or cyclic N) is 1. The number of urea groups is 1. The van der Waals surface area contributed by atoms with Crippen molar-refractivity contribution in [2.24, 2.45) is 0 Å². The molecule has 1 aliphatic rings. The molecule has 0 unspecified atom stereocenters. The first-order valence-corrected chi connectivity index (χ1v) is 8.35. The first kappa shape index (κ1) is 16.5. The molecule has 1 heterocycles. The third-order valence-corrected chi connectivity index (χ3v) is 4.86. The van der Waals surface area contributed by atoms with Gasteiger partial charge in [-0.2, -0.15) is 0 Å². The van der Waals surface area contributed by atoms with Gasteiger partial charge in [0.15, 0.2) is 0 Å². The lowest BCUT2D eigenvalue weighted by Gasteiger charge is -2.24. The molecule has 0 aromatic heterocycles. The topological polar surface area (TPSA) is 52.6 Å². The number of hydrogen-bond donors (Lipinski definition) is 2. The molecule has 0 radical (unpaired) electrons. The van der Waals surface area contributed by atoms with Crippen molar-refractivity contribution in [3.05, 3.63) is 70.8 Å². The molecule has 2 aromatic carbocycles. The number of nitrogens with zero attached hydrogens (tertiary/aromatic N) is 1. The Kier molecular flexibility index (Phi) is 4.58.